The van der Waals surface area contributed by atoms with E-state index in [-0.39, 0.29) is 35.3 Å². The molecule has 0 spiro atoms. The molecular weight excluding hydrogens is 540 g/mol. The minimum absolute atomic E-state index is 0.0876. The lowest BCUT2D eigenvalue weighted by atomic mass is 9.97. The number of piperidine rings is 1. The Morgan fingerprint density at radius 3 is 2.49 bits per heavy atom. The predicted molar refractivity (Wildman–Crippen MR) is 159 cm³/mol. The largest absolute Gasteiger partial charge is 0.379 e. The van der Waals surface area contributed by atoms with Gasteiger partial charge in [0.25, 0.3) is 5.91 Å². The average molecular weight is 577 g/mol. The van der Waals surface area contributed by atoms with Gasteiger partial charge in [-0.2, -0.15) is 4.31 Å². The molecule has 3 aliphatic heterocycles. The maximum absolute atomic E-state index is 13.5. The van der Waals surface area contributed by atoms with Crippen molar-refractivity contribution in [2.75, 3.05) is 38.3 Å². The zero-order valence-electron chi connectivity index (χ0n) is 23.7. The Labute approximate surface area is 241 Å². The smallest absolute Gasteiger partial charge is 0.258 e. The van der Waals surface area contributed by atoms with Crippen LogP contribution in [0.2, 0.25) is 0 Å². The Morgan fingerprint density at radius 2 is 1.76 bits per heavy atom. The number of fused-ring (bicyclic) bond motifs is 2. The normalized spacial score (nSPS) is 23.0. The molecule has 216 valence electrons. The molecule has 1 aromatic heterocycles. The van der Waals surface area contributed by atoms with Crippen LogP contribution in [0, 0.1) is 0 Å². The first-order valence-corrected chi connectivity index (χ1v) is 15.7. The third-order valence-corrected chi connectivity index (χ3v) is 10.6. The first-order chi connectivity index (χ1) is 19.7. The number of carbonyl (C=O) groups excluding carboxylic acids is 2. The molecule has 2 amide bonds. The van der Waals surface area contributed by atoms with Crippen molar-refractivity contribution < 1.29 is 22.7 Å². The summed E-state index contributed by atoms with van der Waals surface area (Å²) in [7, 11) is -2.03. The minimum Gasteiger partial charge on any atom is -0.379 e. The summed E-state index contributed by atoms with van der Waals surface area (Å²) in [5.74, 6) is -0.116. The molecule has 10 heteroatoms. The molecule has 0 saturated carbocycles. The molecule has 6 rings (SSSR count). The van der Waals surface area contributed by atoms with E-state index in [2.05, 4.69) is 13.8 Å². The Balaban J connectivity index is 1.38. The van der Waals surface area contributed by atoms with Gasteiger partial charge in [0.15, 0.2) is 0 Å². The molecule has 2 aromatic carbocycles. The van der Waals surface area contributed by atoms with E-state index in [9.17, 15) is 18.0 Å². The Hall–Kier alpha value is -3.47. The summed E-state index contributed by atoms with van der Waals surface area (Å²) in [5, 5.41) is 0.925. The second kappa shape index (κ2) is 10.7. The number of carbonyl (C=O) groups is 2. The Morgan fingerprint density at radius 1 is 1.05 bits per heavy atom. The van der Waals surface area contributed by atoms with E-state index in [1.54, 1.807) is 30.1 Å². The van der Waals surface area contributed by atoms with E-state index in [1.807, 2.05) is 46.0 Å². The van der Waals surface area contributed by atoms with Gasteiger partial charge < -0.3 is 19.1 Å². The van der Waals surface area contributed by atoms with Gasteiger partial charge in [0.1, 0.15) is 6.54 Å². The van der Waals surface area contributed by atoms with Gasteiger partial charge in [-0.15, -0.1) is 0 Å². The molecule has 41 heavy (non-hydrogen) atoms. The topological polar surface area (TPSA) is 92.2 Å². The fraction of sp³-hybridized carbons (Fsp3) is 0.419. The highest BCUT2D eigenvalue weighted by Gasteiger charge is 2.34. The molecule has 0 unspecified atom stereocenters. The number of morpholine rings is 1. The number of hydrogen-bond donors (Lipinski definition) is 0. The lowest BCUT2D eigenvalue weighted by Gasteiger charge is -2.39. The monoisotopic (exact) mass is 576 g/mol. The molecule has 4 heterocycles. The summed E-state index contributed by atoms with van der Waals surface area (Å²) in [6.45, 7) is 5.76. The maximum atomic E-state index is 13.5. The molecule has 2 atom stereocenters. The fourth-order valence-corrected chi connectivity index (χ4v) is 7.92. The van der Waals surface area contributed by atoms with Crippen LogP contribution >= 0.6 is 0 Å². The summed E-state index contributed by atoms with van der Waals surface area (Å²) >= 11 is 0. The second-order valence-corrected chi connectivity index (χ2v) is 13.2. The highest BCUT2D eigenvalue weighted by atomic mass is 32.2. The number of anilines is 1. The van der Waals surface area contributed by atoms with Crippen LogP contribution in [-0.2, 0) is 30.9 Å². The number of ether oxygens (including phenoxy) is 1. The fourth-order valence-electron chi connectivity index (χ4n) is 6.48. The van der Waals surface area contributed by atoms with Crippen molar-refractivity contribution in [2.45, 2.75) is 56.6 Å². The zero-order chi connectivity index (χ0) is 28.9. The van der Waals surface area contributed by atoms with Crippen molar-refractivity contribution in [1.29, 1.82) is 0 Å². The SMILES string of the molecule is C[C@H]1CCC[C@H](C)N1C(=O)Cn1cc(/C=C2\C(=O)N(C)c3ccc(S(=O)(=O)N4CCOCC4)cc32)c2ccccc21. The van der Waals surface area contributed by atoms with E-state index >= 15 is 0 Å². The van der Waals surface area contributed by atoms with Crippen LogP contribution in [0.25, 0.3) is 22.6 Å². The van der Waals surface area contributed by atoms with Crippen molar-refractivity contribution in [2.24, 2.45) is 0 Å². The highest BCUT2D eigenvalue weighted by Crippen LogP contribution is 2.39. The van der Waals surface area contributed by atoms with Gasteiger partial charge in [-0.3, -0.25) is 9.59 Å². The minimum atomic E-state index is -3.73. The van der Waals surface area contributed by atoms with E-state index in [1.165, 1.54) is 4.31 Å². The number of para-hydroxylation sites is 1. The lowest BCUT2D eigenvalue weighted by molar-refractivity contribution is -0.137. The predicted octanol–water partition coefficient (Wildman–Crippen LogP) is 3.97. The number of likely N-dealkylation sites (N-methyl/N-ethyl adjacent to an activating group) is 1. The van der Waals surface area contributed by atoms with E-state index in [0.29, 0.717) is 43.1 Å². The molecule has 0 radical (unpaired) electrons. The molecular formula is C31H36N4O5S. The summed E-state index contributed by atoms with van der Waals surface area (Å²) in [6, 6.07) is 13.1. The van der Waals surface area contributed by atoms with Crippen LogP contribution < -0.4 is 4.90 Å². The zero-order valence-corrected chi connectivity index (χ0v) is 24.6. The molecule has 0 bridgehead atoms. The number of amides is 2. The summed E-state index contributed by atoms with van der Waals surface area (Å²) in [6.07, 6.45) is 6.91. The van der Waals surface area contributed by atoms with Crippen LogP contribution in [0.1, 0.15) is 44.2 Å². The van der Waals surface area contributed by atoms with Crippen LogP contribution in [0.5, 0.6) is 0 Å². The van der Waals surface area contributed by atoms with Gasteiger partial charge >= 0.3 is 0 Å². The number of aromatic nitrogens is 1. The van der Waals surface area contributed by atoms with Crippen molar-refractivity contribution in [1.82, 2.24) is 13.8 Å². The van der Waals surface area contributed by atoms with Gasteiger partial charge in [0.2, 0.25) is 15.9 Å². The van der Waals surface area contributed by atoms with E-state index in [0.717, 1.165) is 35.7 Å². The third-order valence-electron chi connectivity index (χ3n) is 8.67. The number of benzene rings is 2. The first-order valence-electron chi connectivity index (χ1n) is 14.3. The van der Waals surface area contributed by atoms with E-state index in [4.69, 9.17) is 4.74 Å². The quantitative estimate of drug-likeness (QED) is 0.429. The van der Waals surface area contributed by atoms with Gasteiger partial charge in [0.05, 0.1) is 23.8 Å². The van der Waals surface area contributed by atoms with Crippen molar-refractivity contribution >= 4 is 50.1 Å². The summed E-state index contributed by atoms with van der Waals surface area (Å²) in [5.41, 5.74) is 3.38. The molecule has 2 fully saturated rings. The number of hydrogen-bond acceptors (Lipinski definition) is 5. The van der Waals surface area contributed by atoms with Gasteiger partial charge in [0, 0.05) is 66.0 Å². The number of nitrogens with zero attached hydrogens (tertiary/aromatic N) is 4. The Bertz CT molecular complexity index is 1640. The van der Waals surface area contributed by atoms with Crippen LogP contribution in [0.15, 0.2) is 53.6 Å². The maximum Gasteiger partial charge on any atom is 0.258 e. The Kier molecular flexibility index (Phi) is 7.25. The van der Waals surface area contributed by atoms with Gasteiger partial charge in [-0.25, -0.2) is 8.42 Å². The molecule has 3 aromatic rings. The number of rotatable bonds is 5. The van der Waals surface area contributed by atoms with Crippen LogP contribution in [-0.4, -0.2) is 79.4 Å². The van der Waals surface area contributed by atoms with Gasteiger partial charge in [-0.05, 0) is 63.5 Å². The average Bonchev–Trinajstić information content (AvgIpc) is 3.43. The molecule has 0 aliphatic carbocycles. The third kappa shape index (κ3) is 4.87. The van der Waals surface area contributed by atoms with Crippen molar-refractivity contribution in [3.8, 4) is 0 Å². The van der Waals surface area contributed by atoms with Crippen LogP contribution in [0.4, 0.5) is 5.69 Å². The van der Waals surface area contributed by atoms with Crippen molar-refractivity contribution in [3.05, 3.63) is 59.8 Å². The highest BCUT2D eigenvalue weighted by molar-refractivity contribution is 7.89. The summed E-state index contributed by atoms with van der Waals surface area (Å²) in [4.78, 5) is 30.6. The molecule has 3 aliphatic rings. The van der Waals surface area contributed by atoms with Crippen LogP contribution in [0.3, 0.4) is 0 Å². The first kappa shape index (κ1) is 27.7. The molecule has 0 N–H and O–H groups in total. The summed E-state index contributed by atoms with van der Waals surface area (Å²) < 4.78 is 35.5. The molecule has 2 saturated heterocycles. The standard InChI is InChI=1S/C31H36N4O5S/c1-21-7-6-8-22(2)35(21)30(36)20-33-19-23(25-9-4-5-10-29(25)33)17-27-26-18-24(11-12-28(26)32(3)31(27)37)41(38,39)34-13-15-40-16-14-34/h4-5,9-12,17-19,21-22H,6-8,13-16,20H2,1-3H3/b27-17-/t21-,22-/m0/s1. The lowest BCUT2D eigenvalue weighted by Crippen LogP contribution is -2.48. The van der Waals surface area contributed by atoms with Crippen molar-refractivity contribution in [3.63, 3.8) is 0 Å². The molecule has 9 nitrogen and oxygen atoms in total. The van der Waals surface area contributed by atoms with Gasteiger partial charge in [-0.1, -0.05) is 18.2 Å². The second-order valence-electron chi connectivity index (χ2n) is 11.3. The number of sulfonamides is 1. The van der Waals surface area contributed by atoms with E-state index < -0.39 is 10.0 Å². The number of likely N-dealkylation sites (tertiary alicyclic amines) is 1.